The van der Waals surface area contributed by atoms with E-state index in [0.717, 1.165) is 5.56 Å². The SMILES string of the molecule is CC=Cc1cccc2c1C(=O)OC2=O. The summed E-state index contributed by atoms with van der Waals surface area (Å²) < 4.78 is 4.51. The van der Waals surface area contributed by atoms with Crippen molar-refractivity contribution in [2.45, 2.75) is 6.92 Å². The van der Waals surface area contributed by atoms with Crippen molar-refractivity contribution in [3.8, 4) is 0 Å². The fourth-order valence-corrected chi connectivity index (χ4v) is 1.48. The molecular formula is C11H8O3. The fraction of sp³-hybridized carbons (Fsp3) is 0.0909. The molecule has 0 saturated carbocycles. The van der Waals surface area contributed by atoms with E-state index in [2.05, 4.69) is 4.74 Å². The standard InChI is InChI=1S/C11H8O3/c1-2-4-7-5-3-6-8-9(7)11(13)14-10(8)12/h2-6H,1H3. The van der Waals surface area contributed by atoms with E-state index in [9.17, 15) is 9.59 Å². The summed E-state index contributed by atoms with van der Waals surface area (Å²) in [5, 5.41) is 0. The third kappa shape index (κ3) is 1.14. The molecule has 1 heterocycles. The van der Waals surface area contributed by atoms with Gasteiger partial charge in [-0.15, -0.1) is 0 Å². The lowest BCUT2D eigenvalue weighted by Gasteiger charge is -1.97. The van der Waals surface area contributed by atoms with Crippen molar-refractivity contribution in [2.75, 3.05) is 0 Å². The number of hydrogen-bond acceptors (Lipinski definition) is 3. The van der Waals surface area contributed by atoms with Gasteiger partial charge in [-0.05, 0) is 18.6 Å². The first-order chi connectivity index (χ1) is 6.74. The van der Waals surface area contributed by atoms with Crippen LogP contribution < -0.4 is 0 Å². The number of carbonyl (C=O) groups excluding carboxylic acids is 2. The van der Waals surface area contributed by atoms with Crippen molar-refractivity contribution < 1.29 is 14.3 Å². The van der Waals surface area contributed by atoms with Crippen LogP contribution in [0.5, 0.6) is 0 Å². The third-order valence-electron chi connectivity index (χ3n) is 2.05. The number of hydrogen-bond donors (Lipinski definition) is 0. The summed E-state index contributed by atoms with van der Waals surface area (Å²) in [6.07, 6.45) is 3.59. The van der Waals surface area contributed by atoms with Gasteiger partial charge in [0.25, 0.3) is 0 Å². The Morgan fingerprint density at radius 3 is 2.71 bits per heavy atom. The minimum Gasteiger partial charge on any atom is -0.386 e. The minimum absolute atomic E-state index is 0.352. The molecule has 14 heavy (non-hydrogen) atoms. The van der Waals surface area contributed by atoms with E-state index in [1.807, 2.05) is 13.0 Å². The Kier molecular flexibility index (Phi) is 1.93. The van der Waals surface area contributed by atoms with Crippen LogP contribution in [0.25, 0.3) is 6.08 Å². The maximum absolute atomic E-state index is 11.3. The number of carbonyl (C=O) groups is 2. The van der Waals surface area contributed by atoms with E-state index in [0.29, 0.717) is 11.1 Å². The quantitative estimate of drug-likeness (QED) is 0.500. The average molecular weight is 188 g/mol. The predicted molar refractivity (Wildman–Crippen MR) is 50.9 cm³/mol. The van der Waals surface area contributed by atoms with Gasteiger partial charge in [-0.2, -0.15) is 0 Å². The van der Waals surface area contributed by atoms with Crippen LogP contribution >= 0.6 is 0 Å². The highest BCUT2D eigenvalue weighted by Crippen LogP contribution is 2.24. The highest BCUT2D eigenvalue weighted by atomic mass is 16.6. The van der Waals surface area contributed by atoms with Crippen molar-refractivity contribution in [1.82, 2.24) is 0 Å². The molecule has 1 aliphatic heterocycles. The van der Waals surface area contributed by atoms with Crippen LogP contribution in [0.1, 0.15) is 33.2 Å². The van der Waals surface area contributed by atoms with Gasteiger partial charge in [-0.3, -0.25) is 0 Å². The summed E-state index contributed by atoms with van der Waals surface area (Å²) in [6.45, 7) is 1.85. The van der Waals surface area contributed by atoms with Crippen LogP contribution in [0.15, 0.2) is 24.3 Å². The van der Waals surface area contributed by atoms with Gasteiger partial charge in [0.05, 0.1) is 11.1 Å². The molecule has 0 N–H and O–H groups in total. The first-order valence-corrected chi connectivity index (χ1v) is 4.26. The smallest absolute Gasteiger partial charge is 0.347 e. The molecule has 3 heteroatoms. The van der Waals surface area contributed by atoms with Gasteiger partial charge in [0.1, 0.15) is 0 Å². The van der Waals surface area contributed by atoms with Crippen molar-refractivity contribution in [3.63, 3.8) is 0 Å². The molecule has 1 aliphatic rings. The zero-order valence-corrected chi connectivity index (χ0v) is 7.61. The van der Waals surface area contributed by atoms with E-state index >= 15 is 0 Å². The largest absolute Gasteiger partial charge is 0.386 e. The van der Waals surface area contributed by atoms with Gasteiger partial charge in [-0.1, -0.05) is 24.3 Å². The number of allylic oxidation sites excluding steroid dienone is 1. The lowest BCUT2D eigenvalue weighted by molar-refractivity contribution is 0.0444. The number of fused-ring (bicyclic) bond motifs is 1. The summed E-state index contributed by atoms with van der Waals surface area (Å²) in [7, 11) is 0. The van der Waals surface area contributed by atoms with E-state index in [4.69, 9.17) is 0 Å². The van der Waals surface area contributed by atoms with E-state index in [1.165, 1.54) is 0 Å². The molecule has 0 aromatic heterocycles. The second-order valence-corrected chi connectivity index (χ2v) is 2.95. The van der Waals surface area contributed by atoms with Crippen LogP contribution in [-0.2, 0) is 4.74 Å². The van der Waals surface area contributed by atoms with Gasteiger partial charge in [0.2, 0.25) is 0 Å². The molecule has 0 bridgehead atoms. The Hall–Kier alpha value is -1.90. The second-order valence-electron chi connectivity index (χ2n) is 2.95. The summed E-state index contributed by atoms with van der Waals surface area (Å²) in [5.41, 5.74) is 1.45. The first-order valence-electron chi connectivity index (χ1n) is 4.26. The highest BCUT2D eigenvalue weighted by Gasteiger charge is 2.30. The highest BCUT2D eigenvalue weighted by molar-refractivity contribution is 6.16. The van der Waals surface area contributed by atoms with Crippen molar-refractivity contribution >= 4 is 18.0 Å². The predicted octanol–water partition coefficient (Wildman–Crippen LogP) is 2.03. The number of benzene rings is 1. The number of ether oxygens (including phenoxy) is 1. The van der Waals surface area contributed by atoms with E-state index in [-0.39, 0.29) is 0 Å². The van der Waals surface area contributed by atoms with Crippen LogP contribution in [-0.4, -0.2) is 11.9 Å². The van der Waals surface area contributed by atoms with Crippen LogP contribution in [0, 0.1) is 0 Å². The molecule has 1 aromatic rings. The van der Waals surface area contributed by atoms with Gasteiger partial charge < -0.3 is 4.74 Å². The molecule has 0 spiro atoms. The molecular weight excluding hydrogens is 180 g/mol. The summed E-state index contributed by atoms with van der Waals surface area (Å²) in [5.74, 6) is -1.12. The molecule has 0 aliphatic carbocycles. The lowest BCUT2D eigenvalue weighted by atomic mass is 10.0. The van der Waals surface area contributed by atoms with Crippen LogP contribution in [0.4, 0.5) is 0 Å². The molecule has 0 unspecified atom stereocenters. The molecule has 0 fully saturated rings. The Morgan fingerprint density at radius 1 is 1.21 bits per heavy atom. The minimum atomic E-state index is -0.559. The zero-order chi connectivity index (χ0) is 10.1. The number of cyclic esters (lactones) is 2. The number of esters is 2. The second kappa shape index (κ2) is 3.10. The zero-order valence-electron chi connectivity index (χ0n) is 7.61. The Balaban J connectivity index is 2.67. The Bertz CT molecular complexity index is 444. The molecule has 0 atom stereocenters. The van der Waals surface area contributed by atoms with E-state index < -0.39 is 11.9 Å². The maximum atomic E-state index is 11.3. The Morgan fingerprint density at radius 2 is 2.00 bits per heavy atom. The van der Waals surface area contributed by atoms with Gasteiger partial charge in [-0.25, -0.2) is 9.59 Å². The van der Waals surface area contributed by atoms with Gasteiger partial charge >= 0.3 is 11.9 Å². The van der Waals surface area contributed by atoms with Gasteiger partial charge in [0.15, 0.2) is 0 Å². The topological polar surface area (TPSA) is 43.4 Å². The average Bonchev–Trinajstić information content (AvgIpc) is 2.44. The van der Waals surface area contributed by atoms with E-state index in [1.54, 1.807) is 24.3 Å². The molecule has 2 rings (SSSR count). The first kappa shape index (κ1) is 8.69. The molecule has 3 nitrogen and oxygen atoms in total. The van der Waals surface area contributed by atoms with Crippen molar-refractivity contribution in [2.24, 2.45) is 0 Å². The van der Waals surface area contributed by atoms with Crippen LogP contribution in [0.3, 0.4) is 0 Å². The third-order valence-corrected chi connectivity index (χ3v) is 2.05. The Labute approximate surface area is 81.0 Å². The summed E-state index contributed by atoms with van der Waals surface area (Å²) >= 11 is 0. The monoisotopic (exact) mass is 188 g/mol. The summed E-state index contributed by atoms with van der Waals surface area (Å²) in [4.78, 5) is 22.5. The molecule has 0 saturated heterocycles. The van der Waals surface area contributed by atoms with Crippen molar-refractivity contribution in [3.05, 3.63) is 41.0 Å². The van der Waals surface area contributed by atoms with Crippen LogP contribution in [0.2, 0.25) is 0 Å². The molecule has 1 aromatic carbocycles. The number of rotatable bonds is 1. The normalized spacial score (nSPS) is 14.6. The lowest BCUT2D eigenvalue weighted by Crippen LogP contribution is -1.97. The van der Waals surface area contributed by atoms with Crippen molar-refractivity contribution in [1.29, 1.82) is 0 Å². The van der Waals surface area contributed by atoms with Gasteiger partial charge in [0, 0.05) is 0 Å². The summed E-state index contributed by atoms with van der Waals surface area (Å²) in [6, 6.07) is 5.10. The molecule has 70 valence electrons. The fourth-order valence-electron chi connectivity index (χ4n) is 1.48. The molecule has 0 amide bonds. The molecule has 0 radical (unpaired) electrons. The maximum Gasteiger partial charge on any atom is 0.347 e.